The summed E-state index contributed by atoms with van der Waals surface area (Å²) in [6.45, 7) is 0. The van der Waals surface area contributed by atoms with E-state index in [1.807, 2.05) is 6.07 Å². The van der Waals surface area contributed by atoms with Gasteiger partial charge < -0.3 is 9.47 Å². The zero-order valence-electron chi connectivity index (χ0n) is 18.1. The minimum Gasteiger partial charge on any atom is -0.494 e. The number of hydrogen-bond donors (Lipinski definition) is 0. The molecule has 1 aliphatic rings. The predicted molar refractivity (Wildman–Crippen MR) is 133 cm³/mol. The summed E-state index contributed by atoms with van der Waals surface area (Å²) in [5, 5.41) is 0.963. The Kier molecular flexibility index (Phi) is 5.78. The molecule has 2 aromatic carbocycles. The van der Waals surface area contributed by atoms with Crippen LogP contribution in [0.1, 0.15) is 31.7 Å². The van der Waals surface area contributed by atoms with Crippen molar-refractivity contribution in [1.29, 1.82) is 0 Å². The molecule has 10 heteroatoms. The number of para-hydroxylation sites is 1. The van der Waals surface area contributed by atoms with Crippen molar-refractivity contribution in [2.75, 3.05) is 7.11 Å². The molecule has 0 amide bonds. The Balaban J connectivity index is 1.80. The minimum atomic E-state index is -3.37. The van der Waals surface area contributed by atoms with Crippen LogP contribution in [0.2, 0.25) is 0 Å². The Morgan fingerprint density at radius 2 is 1.76 bits per heavy atom. The predicted octanol–water partition coefficient (Wildman–Crippen LogP) is 5.19. The van der Waals surface area contributed by atoms with Crippen molar-refractivity contribution in [3.05, 3.63) is 69.5 Å². The number of halogens is 3. The molecule has 0 radical (unpaired) electrons. The number of aromatic nitrogens is 3. The number of rotatable bonds is 5. The van der Waals surface area contributed by atoms with E-state index in [1.54, 1.807) is 23.8 Å². The van der Waals surface area contributed by atoms with E-state index in [0.717, 1.165) is 52.8 Å². The first-order valence-corrected chi connectivity index (χ1v) is 11.9. The summed E-state index contributed by atoms with van der Waals surface area (Å²) in [5.41, 5.74) is 0.360. The van der Waals surface area contributed by atoms with Gasteiger partial charge in [-0.25, -0.2) is 9.36 Å². The average Bonchev–Trinajstić information content (AvgIpc) is 3.33. The molecule has 2 heterocycles. The number of nitrogens with zero attached hydrogens (tertiary/aromatic N) is 3. The first kappa shape index (κ1) is 22.8. The Labute approximate surface area is 206 Å². The highest BCUT2D eigenvalue weighted by Gasteiger charge is 2.27. The molecular weight excluding hydrogens is 559 g/mol. The van der Waals surface area contributed by atoms with Gasteiger partial charge >= 0.3 is 9.81 Å². The number of hydrogen-bond acceptors (Lipinski definition) is 5. The number of alkyl halides is 3. The first-order valence-electron chi connectivity index (χ1n) is 10.8. The lowest BCUT2D eigenvalue weighted by Gasteiger charge is -2.20. The molecule has 0 spiro atoms. The lowest BCUT2D eigenvalue weighted by molar-refractivity contribution is -0.0691. The lowest BCUT2D eigenvalue weighted by atomic mass is 10.1. The second-order valence-electron chi connectivity index (χ2n) is 8.15. The van der Waals surface area contributed by atoms with Crippen LogP contribution < -0.4 is 20.7 Å². The van der Waals surface area contributed by atoms with E-state index in [1.165, 1.54) is 30.5 Å². The van der Waals surface area contributed by atoms with E-state index in [9.17, 15) is 18.4 Å². The molecule has 4 aromatic rings. The summed E-state index contributed by atoms with van der Waals surface area (Å²) in [6.07, 6.45) is 5.08. The van der Waals surface area contributed by atoms with Gasteiger partial charge in [-0.15, -0.1) is 0 Å². The molecule has 0 N–H and O–H groups in total. The summed E-state index contributed by atoms with van der Waals surface area (Å²) in [7, 11) is 1.55. The highest BCUT2D eigenvalue weighted by atomic mass is 127. The fraction of sp³-hybridized carbons (Fsp3) is 0.292. The van der Waals surface area contributed by atoms with Gasteiger partial charge in [-0.1, -0.05) is 25.0 Å². The van der Waals surface area contributed by atoms with Crippen molar-refractivity contribution in [2.45, 2.75) is 35.8 Å². The lowest BCUT2D eigenvalue weighted by Crippen LogP contribution is -2.40. The topological polar surface area (TPSA) is 75.3 Å². The molecule has 0 saturated heterocycles. The Bertz CT molecular complexity index is 1500. The fourth-order valence-corrected chi connectivity index (χ4v) is 4.95. The fourth-order valence-electron chi connectivity index (χ4n) is 4.70. The highest BCUT2D eigenvalue weighted by molar-refractivity contribution is 14.1. The van der Waals surface area contributed by atoms with Gasteiger partial charge in [-0.3, -0.25) is 14.3 Å². The number of benzene rings is 2. The average molecular weight is 579 g/mol. The molecule has 0 aliphatic heterocycles. The second kappa shape index (κ2) is 8.64. The van der Waals surface area contributed by atoms with Crippen LogP contribution in [-0.2, 0) is 0 Å². The van der Waals surface area contributed by atoms with Crippen LogP contribution in [0, 0.1) is 0 Å². The van der Waals surface area contributed by atoms with Gasteiger partial charge in [-0.05, 0) is 43.2 Å². The van der Waals surface area contributed by atoms with E-state index >= 15 is 0 Å². The third-order valence-electron chi connectivity index (χ3n) is 6.14. The molecule has 176 valence electrons. The summed E-state index contributed by atoms with van der Waals surface area (Å²) >= 11 is 0.878. The number of ether oxygens (including phenoxy) is 2. The van der Waals surface area contributed by atoms with E-state index in [0.29, 0.717) is 27.6 Å². The van der Waals surface area contributed by atoms with Crippen molar-refractivity contribution in [1.82, 2.24) is 14.1 Å². The minimum absolute atomic E-state index is 0.0704. The van der Waals surface area contributed by atoms with Crippen LogP contribution >= 0.6 is 22.6 Å². The van der Waals surface area contributed by atoms with Gasteiger partial charge in [0.25, 0.3) is 5.56 Å². The van der Waals surface area contributed by atoms with E-state index in [2.05, 4.69) is 9.72 Å². The molecule has 0 bridgehead atoms. The summed E-state index contributed by atoms with van der Waals surface area (Å²) in [5.74, 6) is 0.476. The Morgan fingerprint density at radius 1 is 1.06 bits per heavy atom. The Morgan fingerprint density at radius 3 is 2.41 bits per heavy atom. The standard InChI is InChI=1S/C24H20F2IN3O4/c1-33-19-8-4-7-17-20(19)28-13-18-21(17)29(14-5-2-3-6-14)23(32)30(22(18)31)15-9-11-16(12-10-15)34-24(25,26)27/h4,7-14H,2-3,5-6H2,1H3. The second-order valence-corrected chi connectivity index (χ2v) is 9.41. The summed E-state index contributed by atoms with van der Waals surface area (Å²) in [6, 6.07) is 10.8. The molecule has 0 atom stereocenters. The van der Waals surface area contributed by atoms with Crippen LogP contribution in [0.3, 0.4) is 0 Å². The molecule has 5 rings (SSSR count). The quantitative estimate of drug-likeness (QED) is 0.185. The van der Waals surface area contributed by atoms with Gasteiger partial charge in [-0.2, -0.15) is 8.78 Å². The van der Waals surface area contributed by atoms with Gasteiger partial charge in [0.2, 0.25) is 0 Å². The number of fused-ring (bicyclic) bond motifs is 3. The maximum Gasteiger partial charge on any atom is 0.451 e. The van der Waals surface area contributed by atoms with Crippen LogP contribution in [-0.4, -0.2) is 25.3 Å². The van der Waals surface area contributed by atoms with Gasteiger partial charge in [0, 0.05) is 17.6 Å². The first-order chi connectivity index (χ1) is 16.3. The third kappa shape index (κ3) is 3.93. The largest absolute Gasteiger partial charge is 0.494 e. The van der Waals surface area contributed by atoms with Crippen LogP contribution in [0.25, 0.3) is 27.5 Å². The molecule has 1 fully saturated rings. The van der Waals surface area contributed by atoms with E-state index < -0.39 is 15.4 Å². The highest BCUT2D eigenvalue weighted by Crippen LogP contribution is 2.34. The van der Waals surface area contributed by atoms with Crippen molar-refractivity contribution in [2.24, 2.45) is 0 Å². The molecule has 34 heavy (non-hydrogen) atoms. The summed E-state index contributed by atoms with van der Waals surface area (Å²) in [4.78, 5) is 31.8. The monoisotopic (exact) mass is 579 g/mol. The Hall–Kier alpha value is -3.02. The molecule has 1 aliphatic carbocycles. The van der Waals surface area contributed by atoms with Crippen molar-refractivity contribution in [3.8, 4) is 17.2 Å². The van der Waals surface area contributed by atoms with E-state index in [-0.39, 0.29) is 17.5 Å². The zero-order chi connectivity index (χ0) is 24.0. The van der Waals surface area contributed by atoms with Gasteiger partial charge in [0.1, 0.15) is 17.0 Å². The van der Waals surface area contributed by atoms with Crippen LogP contribution in [0.5, 0.6) is 11.5 Å². The normalized spacial score (nSPS) is 14.7. The van der Waals surface area contributed by atoms with Crippen LogP contribution in [0.15, 0.2) is 58.3 Å². The smallest absolute Gasteiger partial charge is 0.451 e. The molecule has 2 aromatic heterocycles. The zero-order valence-corrected chi connectivity index (χ0v) is 20.3. The molecule has 7 nitrogen and oxygen atoms in total. The summed E-state index contributed by atoms with van der Waals surface area (Å²) < 4.78 is 35.8. The van der Waals surface area contributed by atoms with Gasteiger partial charge in [0.15, 0.2) is 0 Å². The van der Waals surface area contributed by atoms with Crippen molar-refractivity contribution in [3.63, 3.8) is 0 Å². The van der Waals surface area contributed by atoms with E-state index in [4.69, 9.17) is 4.74 Å². The maximum absolute atomic E-state index is 13.8. The third-order valence-corrected chi connectivity index (χ3v) is 6.36. The SMILES string of the molecule is COc1cccc2c1ncc1c(=O)n(-c3ccc(OC(F)(F)I)cc3)c(=O)n(C3CCCC3)c12. The van der Waals surface area contributed by atoms with Gasteiger partial charge in [0.05, 0.1) is 46.3 Å². The molecular formula is C24H20F2IN3O4. The maximum atomic E-state index is 13.8. The van der Waals surface area contributed by atoms with Crippen molar-refractivity contribution < 1.29 is 18.3 Å². The molecule has 0 unspecified atom stereocenters. The molecule has 1 saturated carbocycles. The number of methoxy groups -OCH3 is 1. The van der Waals surface area contributed by atoms with Crippen LogP contribution in [0.4, 0.5) is 8.78 Å². The number of pyridine rings is 1. The van der Waals surface area contributed by atoms with Crippen molar-refractivity contribution >= 4 is 44.4 Å².